The summed E-state index contributed by atoms with van der Waals surface area (Å²) in [6.45, 7) is 3.30. The van der Waals surface area contributed by atoms with Crippen molar-refractivity contribution in [3.63, 3.8) is 0 Å². The van der Waals surface area contributed by atoms with Crippen LogP contribution in [-0.4, -0.2) is 34.1 Å². The summed E-state index contributed by atoms with van der Waals surface area (Å²) in [5.41, 5.74) is 1.97. The normalized spacial score (nSPS) is 17.5. The lowest BCUT2D eigenvalue weighted by Gasteiger charge is -2.33. The number of fused-ring (bicyclic) bond motifs is 1. The fourth-order valence-corrected chi connectivity index (χ4v) is 3.43. The Bertz CT molecular complexity index is 940. The minimum Gasteiger partial charge on any atom is -0.355 e. The van der Waals surface area contributed by atoms with Crippen molar-refractivity contribution in [2.45, 2.75) is 19.8 Å². The van der Waals surface area contributed by atoms with Crippen LogP contribution in [0, 0.1) is 12.8 Å². The number of nitrogens with one attached hydrogen (secondary N) is 1. The van der Waals surface area contributed by atoms with E-state index in [1.807, 2.05) is 6.92 Å². The lowest BCUT2D eigenvalue weighted by molar-refractivity contribution is -0.120. The quantitative estimate of drug-likeness (QED) is 0.759. The zero-order valence-corrected chi connectivity index (χ0v) is 15.0. The third kappa shape index (κ3) is 3.22. The van der Waals surface area contributed by atoms with Gasteiger partial charge in [0, 0.05) is 23.8 Å². The summed E-state index contributed by atoms with van der Waals surface area (Å²) in [6.07, 6.45) is 3.22. The van der Waals surface area contributed by atoms with Crippen molar-refractivity contribution in [3.05, 3.63) is 41.3 Å². The summed E-state index contributed by atoms with van der Waals surface area (Å²) in [4.78, 5) is 23.3. The zero-order valence-electron chi connectivity index (χ0n) is 14.3. The van der Waals surface area contributed by atoms with Gasteiger partial charge in [-0.1, -0.05) is 16.8 Å². The number of aromatic nitrogens is 3. The van der Waals surface area contributed by atoms with E-state index in [-0.39, 0.29) is 11.8 Å². The number of benzene rings is 1. The van der Waals surface area contributed by atoms with Gasteiger partial charge in [-0.3, -0.25) is 4.79 Å². The highest BCUT2D eigenvalue weighted by molar-refractivity contribution is 6.30. The molecule has 1 unspecified atom stereocenters. The summed E-state index contributed by atoms with van der Waals surface area (Å²) in [6, 6.07) is 7.12. The Morgan fingerprint density at radius 1 is 1.31 bits per heavy atom. The van der Waals surface area contributed by atoms with Gasteiger partial charge in [0.15, 0.2) is 0 Å². The monoisotopic (exact) mass is 371 g/mol. The fraction of sp³-hybridized carbons (Fsp3) is 0.333. The molecule has 7 nitrogen and oxygen atoms in total. The standard InChI is InChI=1S/C18H18ClN5O2/c1-11-15-16(20-10-21-18(15)26-23-11)24-8-2-3-12(9-24)17(25)22-14-6-4-13(19)5-7-14/h4-7,10,12H,2-3,8-9H2,1H3,(H,22,25). The molecule has 1 atom stereocenters. The summed E-state index contributed by atoms with van der Waals surface area (Å²) < 4.78 is 5.23. The van der Waals surface area contributed by atoms with Gasteiger partial charge in [0.2, 0.25) is 5.91 Å². The second-order valence-corrected chi connectivity index (χ2v) is 6.86. The number of hydrogen-bond donors (Lipinski definition) is 1. The molecule has 8 heteroatoms. The molecule has 0 spiro atoms. The SMILES string of the molecule is Cc1noc2ncnc(N3CCCC(C(=O)Nc4ccc(Cl)cc4)C3)c12. The Hall–Kier alpha value is -2.67. The molecule has 1 aliphatic rings. The minimum atomic E-state index is -0.121. The number of piperidine rings is 1. The van der Waals surface area contributed by atoms with Gasteiger partial charge in [-0.2, -0.15) is 4.98 Å². The molecule has 134 valence electrons. The second-order valence-electron chi connectivity index (χ2n) is 6.43. The number of nitrogens with zero attached hydrogens (tertiary/aromatic N) is 4. The van der Waals surface area contributed by atoms with Crippen LogP contribution >= 0.6 is 11.6 Å². The van der Waals surface area contributed by atoms with Gasteiger partial charge in [0.1, 0.15) is 17.5 Å². The van der Waals surface area contributed by atoms with Crippen molar-refractivity contribution >= 4 is 40.1 Å². The Balaban J connectivity index is 1.52. The van der Waals surface area contributed by atoms with E-state index in [0.717, 1.165) is 42.0 Å². The van der Waals surface area contributed by atoms with Crippen LogP contribution in [0.5, 0.6) is 0 Å². The summed E-state index contributed by atoms with van der Waals surface area (Å²) in [7, 11) is 0. The average Bonchev–Trinajstić information content (AvgIpc) is 3.05. The van der Waals surface area contributed by atoms with Gasteiger partial charge in [-0.15, -0.1) is 0 Å². The average molecular weight is 372 g/mol. The van der Waals surface area contributed by atoms with Crippen molar-refractivity contribution in [2.24, 2.45) is 5.92 Å². The molecule has 4 rings (SSSR count). The van der Waals surface area contributed by atoms with E-state index in [2.05, 4.69) is 25.3 Å². The van der Waals surface area contributed by atoms with Gasteiger partial charge in [0.05, 0.1) is 11.6 Å². The number of carbonyl (C=O) groups is 1. The maximum Gasteiger partial charge on any atom is 0.263 e. The molecule has 0 radical (unpaired) electrons. The number of amides is 1. The van der Waals surface area contributed by atoms with E-state index in [9.17, 15) is 4.79 Å². The van der Waals surface area contributed by atoms with Crippen molar-refractivity contribution in [3.8, 4) is 0 Å². The van der Waals surface area contributed by atoms with Crippen LogP contribution in [0.4, 0.5) is 11.5 Å². The molecule has 1 aromatic carbocycles. The highest BCUT2D eigenvalue weighted by Crippen LogP contribution is 2.29. The smallest absolute Gasteiger partial charge is 0.263 e. The fourth-order valence-electron chi connectivity index (χ4n) is 3.30. The number of rotatable bonds is 3. The molecule has 3 aromatic rings. The first-order valence-electron chi connectivity index (χ1n) is 8.50. The first-order chi connectivity index (χ1) is 12.6. The molecule has 2 aromatic heterocycles. The van der Waals surface area contributed by atoms with Gasteiger partial charge in [-0.25, -0.2) is 4.98 Å². The van der Waals surface area contributed by atoms with E-state index in [1.165, 1.54) is 6.33 Å². The van der Waals surface area contributed by atoms with Gasteiger partial charge in [0.25, 0.3) is 5.71 Å². The highest BCUT2D eigenvalue weighted by Gasteiger charge is 2.28. The Kier molecular flexibility index (Phi) is 4.46. The molecule has 3 heterocycles. The molecule has 1 N–H and O–H groups in total. The summed E-state index contributed by atoms with van der Waals surface area (Å²) in [5.74, 6) is 0.659. The molecule has 0 saturated carbocycles. The molecule has 0 aliphatic carbocycles. The molecule has 1 saturated heterocycles. The zero-order chi connectivity index (χ0) is 18.1. The number of hydrogen-bond acceptors (Lipinski definition) is 6. The first-order valence-corrected chi connectivity index (χ1v) is 8.88. The second kappa shape index (κ2) is 6.92. The van der Waals surface area contributed by atoms with Crippen molar-refractivity contribution < 1.29 is 9.32 Å². The summed E-state index contributed by atoms with van der Waals surface area (Å²) in [5, 5.41) is 8.39. The van der Waals surface area contributed by atoms with Crippen LogP contribution in [0.15, 0.2) is 35.1 Å². The van der Waals surface area contributed by atoms with Crippen LogP contribution in [0.1, 0.15) is 18.5 Å². The van der Waals surface area contributed by atoms with Crippen molar-refractivity contribution in [2.75, 3.05) is 23.3 Å². The molecular weight excluding hydrogens is 354 g/mol. The van der Waals surface area contributed by atoms with E-state index in [1.54, 1.807) is 24.3 Å². The lowest BCUT2D eigenvalue weighted by Crippen LogP contribution is -2.41. The number of carbonyl (C=O) groups excluding carboxylic acids is 1. The van der Waals surface area contributed by atoms with Crippen LogP contribution in [-0.2, 0) is 4.79 Å². The third-order valence-corrected chi connectivity index (χ3v) is 4.88. The number of halogens is 1. The van der Waals surface area contributed by atoms with E-state index >= 15 is 0 Å². The molecule has 1 fully saturated rings. The van der Waals surface area contributed by atoms with Gasteiger partial charge < -0.3 is 14.7 Å². The van der Waals surface area contributed by atoms with Crippen LogP contribution < -0.4 is 10.2 Å². The largest absolute Gasteiger partial charge is 0.355 e. The van der Waals surface area contributed by atoms with Gasteiger partial charge in [-0.05, 0) is 44.0 Å². The van der Waals surface area contributed by atoms with Crippen molar-refractivity contribution in [1.82, 2.24) is 15.1 Å². The van der Waals surface area contributed by atoms with Crippen LogP contribution in [0.25, 0.3) is 11.1 Å². The Morgan fingerprint density at radius 3 is 2.92 bits per heavy atom. The first kappa shape index (κ1) is 16.8. The van der Waals surface area contributed by atoms with E-state index < -0.39 is 0 Å². The van der Waals surface area contributed by atoms with Crippen LogP contribution in [0.2, 0.25) is 5.02 Å². The third-order valence-electron chi connectivity index (χ3n) is 4.63. The van der Waals surface area contributed by atoms with Crippen molar-refractivity contribution in [1.29, 1.82) is 0 Å². The molecule has 1 amide bonds. The summed E-state index contributed by atoms with van der Waals surface area (Å²) >= 11 is 5.89. The molecule has 26 heavy (non-hydrogen) atoms. The highest BCUT2D eigenvalue weighted by atomic mass is 35.5. The van der Waals surface area contributed by atoms with E-state index in [0.29, 0.717) is 17.3 Å². The molecule has 0 bridgehead atoms. The molecular formula is C18H18ClN5O2. The Morgan fingerprint density at radius 2 is 2.12 bits per heavy atom. The number of anilines is 2. The topological polar surface area (TPSA) is 84.2 Å². The lowest BCUT2D eigenvalue weighted by atomic mass is 9.96. The maximum absolute atomic E-state index is 12.7. The number of aryl methyl sites for hydroxylation is 1. The molecule has 1 aliphatic heterocycles. The Labute approximate surface area is 155 Å². The van der Waals surface area contributed by atoms with Gasteiger partial charge >= 0.3 is 0 Å². The maximum atomic E-state index is 12.7. The minimum absolute atomic E-state index is 0.00404. The predicted octanol–water partition coefficient (Wildman–Crippen LogP) is 3.43. The van der Waals surface area contributed by atoms with Crippen LogP contribution in [0.3, 0.4) is 0 Å². The van der Waals surface area contributed by atoms with E-state index in [4.69, 9.17) is 16.1 Å². The predicted molar refractivity (Wildman–Crippen MR) is 99.4 cm³/mol.